The smallest absolute Gasteiger partial charge is 0.488 e. The maximum atomic E-state index is 14.4. The van der Waals surface area contributed by atoms with Crippen molar-refractivity contribution in [2.24, 2.45) is 0 Å². The number of anilines is 1. The van der Waals surface area contributed by atoms with Crippen molar-refractivity contribution in [3.63, 3.8) is 0 Å². The molecule has 3 rings (SSSR count). The van der Waals surface area contributed by atoms with Crippen LogP contribution in [0.25, 0.3) is 5.69 Å². The van der Waals surface area contributed by atoms with Gasteiger partial charge in [-0.05, 0) is 24.3 Å². The highest BCUT2D eigenvalue weighted by atomic mass is 32.3. The summed E-state index contributed by atoms with van der Waals surface area (Å²) in [7, 11) is -1.68. The summed E-state index contributed by atoms with van der Waals surface area (Å²) in [6.45, 7) is -0.431. The fraction of sp³-hybridized carbons (Fsp3) is 0.176. The molecule has 0 fully saturated rings. The Kier molecular flexibility index (Phi) is 5.64. The molecule has 29 heavy (non-hydrogen) atoms. The maximum Gasteiger partial charge on any atom is 0.488 e. The molecular weight excluding hydrogens is 413 g/mol. The zero-order valence-electron chi connectivity index (χ0n) is 15.2. The van der Waals surface area contributed by atoms with Gasteiger partial charge in [-0.15, -0.1) is 5.10 Å². The first-order valence-electron chi connectivity index (χ1n) is 8.06. The van der Waals surface area contributed by atoms with Gasteiger partial charge in [-0.3, -0.25) is 0 Å². The molecule has 154 valence electrons. The van der Waals surface area contributed by atoms with Crippen molar-refractivity contribution in [3.8, 4) is 17.2 Å². The Balaban J connectivity index is 1.73. The van der Waals surface area contributed by atoms with Crippen molar-refractivity contribution < 1.29 is 30.0 Å². The maximum absolute atomic E-state index is 14.4. The Bertz CT molecular complexity index is 1090. The minimum atomic E-state index is -5.14. The predicted molar refractivity (Wildman–Crippen MR) is 97.0 cm³/mol. The quantitative estimate of drug-likeness (QED) is 0.535. The van der Waals surface area contributed by atoms with Crippen molar-refractivity contribution in [3.05, 3.63) is 59.9 Å². The molecule has 0 aliphatic rings. The molecular formula is C17H15F3N4O4S. The Hall–Kier alpha value is -3.28. The van der Waals surface area contributed by atoms with E-state index >= 15 is 0 Å². The predicted octanol–water partition coefficient (Wildman–Crippen LogP) is 2.78. The van der Waals surface area contributed by atoms with Crippen molar-refractivity contribution in [2.45, 2.75) is 6.61 Å². The van der Waals surface area contributed by atoms with Gasteiger partial charge in [0.1, 0.15) is 36.1 Å². The van der Waals surface area contributed by atoms with E-state index in [-0.39, 0.29) is 22.7 Å². The number of halogens is 3. The van der Waals surface area contributed by atoms with Crippen LogP contribution < -0.4 is 13.8 Å². The van der Waals surface area contributed by atoms with Crippen molar-refractivity contribution >= 4 is 16.5 Å². The summed E-state index contributed by atoms with van der Waals surface area (Å²) >= 11 is 0. The fourth-order valence-corrected chi connectivity index (χ4v) is 2.65. The minimum absolute atomic E-state index is 0.151. The lowest BCUT2D eigenvalue weighted by Gasteiger charge is -2.10. The van der Waals surface area contributed by atoms with Gasteiger partial charge in [-0.2, -0.15) is 13.4 Å². The van der Waals surface area contributed by atoms with E-state index in [1.54, 1.807) is 19.0 Å². The molecule has 8 nitrogen and oxygen atoms in total. The third kappa shape index (κ3) is 5.16. The van der Waals surface area contributed by atoms with Crippen LogP contribution in [0.2, 0.25) is 0 Å². The molecule has 0 aliphatic heterocycles. The van der Waals surface area contributed by atoms with Crippen molar-refractivity contribution in [1.82, 2.24) is 14.8 Å². The Morgan fingerprint density at radius 1 is 1.07 bits per heavy atom. The molecule has 3 aromatic rings. The molecule has 12 heteroatoms. The summed E-state index contributed by atoms with van der Waals surface area (Å²) in [6.07, 6.45) is 1.33. The van der Waals surface area contributed by atoms with Crippen LogP contribution in [-0.2, 0) is 17.1 Å². The van der Waals surface area contributed by atoms with E-state index in [1.165, 1.54) is 23.1 Å². The zero-order valence-corrected chi connectivity index (χ0v) is 16.0. The molecule has 2 aromatic carbocycles. The van der Waals surface area contributed by atoms with Crippen LogP contribution in [0, 0.1) is 11.6 Å². The molecule has 0 unspecified atom stereocenters. The molecule has 0 saturated carbocycles. The zero-order chi connectivity index (χ0) is 21.2. The van der Waals surface area contributed by atoms with E-state index in [2.05, 4.69) is 14.3 Å². The highest BCUT2D eigenvalue weighted by molar-refractivity contribution is 7.81. The molecule has 0 saturated heterocycles. The largest absolute Gasteiger partial charge is 0.489 e. The van der Waals surface area contributed by atoms with E-state index < -0.39 is 28.7 Å². The van der Waals surface area contributed by atoms with Gasteiger partial charge in [-0.1, -0.05) is 3.89 Å². The topological polar surface area (TPSA) is 86.5 Å². The van der Waals surface area contributed by atoms with Gasteiger partial charge in [-0.25, -0.2) is 13.5 Å². The average Bonchev–Trinajstić information content (AvgIpc) is 3.11. The van der Waals surface area contributed by atoms with Crippen LogP contribution in [-0.4, -0.2) is 37.3 Å². The van der Waals surface area contributed by atoms with Crippen LogP contribution in [0.1, 0.15) is 5.56 Å². The van der Waals surface area contributed by atoms with Gasteiger partial charge in [0.2, 0.25) is 5.95 Å². The summed E-state index contributed by atoms with van der Waals surface area (Å²) in [5, 5.41) is 4.10. The van der Waals surface area contributed by atoms with E-state index in [0.29, 0.717) is 5.95 Å². The van der Waals surface area contributed by atoms with Gasteiger partial charge < -0.3 is 13.8 Å². The molecule has 0 spiro atoms. The fourth-order valence-electron chi connectivity index (χ4n) is 2.31. The lowest BCUT2D eigenvalue weighted by atomic mass is 10.2. The third-order valence-electron chi connectivity index (χ3n) is 3.67. The first kappa shape index (κ1) is 20.5. The molecule has 0 bridgehead atoms. The normalized spacial score (nSPS) is 11.3. The molecule has 0 N–H and O–H groups in total. The molecule has 0 atom stereocenters. The van der Waals surface area contributed by atoms with Crippen LogP contribution in [0.5, 0.6) is 11.5 Å². The first-order valence-corrected chi connectivity index (χ1v) is 9.37. The standard InChI is InChI=1S/C17H15F3N4O4S/c1-23(2)17-21-10-24(22-17)11-7-15(18)14(16(19)8-11)9-27-12-3-5-13(6-4-12)28-29(20,25)26/h3-8,10H,9H2,1-2H3. The summed E-state index contributed by atoms with van der Waals surface area (Å²) in [6, 6.07) is 6.99. The lowest BCUT2D eigenvalue weighted by molar-refractivity contribution is 0.292. The number of rotatable bonds is 7. The second-order valence-corrected chi connectivity index (χ2v) is 6.96. The van der Waals surface area contributed by atoms with Gasteiger partial charge >= 0.3 is 10.5 Å². The first-order chi connectivity index (χ1) is 13.6. The lowest BCUT2D eigenvalue weighted by Crippen LogP contribution is -2.11. The van der Waals surface area contributed by atoms with E-state index in [1.807, 2.05) is 0 Å². The number of hydrogen-bond donors (Lipinski definition) is 0. The van der Waals surface area contributed by atoms with Crippen LogP contribution >= 0.6 is 0 Å². The number of hydrogen-bond acceptors (Lipinski definition) is 7. The molecule has 0 amide bonds. The second kappa shape index (κ2) is 7.99. The van der Waals surface area contributed by atoms with Gasteiger partial charge in [0.15, 0.2) is 0 Å². The molecule has 0 aliphatic carbocycles. The van der Waals surface area contributed by atoms with Crippen LogP contribution in [0.15, 0.2) is 42.7 Å². The van der Waals surface area contributed by atoms with Crippen molar-refractivity contribution in [2.75, 3.05) is 19.0 Å². The van der Waals surface area contributed by atoms with E-state index in [4.69, 9.17) is 4.74 Å². The average molecular weight is 428 g/mol. The van der Waals surface area contributed by atoms with Gasteiger partial charge in [0, 0.05) is 26.2 Å². The monoisotopic (exact) mass is 428 g/mol. The highest BCUT2D eigenvalue weighted by Crippen LogP contribution is 2.23. The summed E-state index contributed by atoms with van der Waals surface area (Å²) in [5.74, 6) is -1.41. The molecule has 1 aromatic heterocycles. The van der Waals surface area contributed by atoms with Crippen molar-refractivity contribution in [1.29, 1.82) is 0 Å². The van der Waals surface area contributed by atoms with Gasteiger partial charge in [0.05, 0.1) is 11.3 Å². The van der Waals surface area contributed by atoms with E-state index in [0.717, 1.165) is 24.3 Å². The minimum Gasteiger partial charge on any atom is -0.489 e. The summed E-state index contributed by atoms with van der Waals surface area (Å²) < 4.78 is 72.7. The van der Waals surface area contributed by atoms with Gasteiger partial charge in [0.25, 0.3) is 0 Å². The summed E-state index contributed by atoms with van der Waals surface area (Å²) in [5.41, 5.74) is -0.161. The van der Waals surface area contributed by atoms with Crippen LogP contribution in [0.3, 0.4) is 0 Å². The second-order valence-electron chi connectivity index (χ2n) is 6.01. The Morgan fingerprint density at radius 2 is 1.66 bits per heavy atom. The number of benzene rings is 2. The molecule has 1 heterocycles. The van der Waals surface area contributed by atoms with Crippen LogP contribution in [0.4, 0.5) is 18.6 Å². The Labute approximate surface area is 164 Å². The van der Waals surface area contributed by atoms with E-state index in [9.17, 15) is 21.1 Å². The Morgan fingerprint density at radius 3 is 2.17 bits per heavy atom. The molecule has 0 radical (unpaired) electrons. The number of nitrogens with zero attached hydrogens (tertiary/aromatic N) is 4. The number of ether oxygens (including phenoxy) is 1. The summed E-state index contributed by atoms with van der Waals surface area (Å²) in [4.78, 5) is 5.66. The third-order valence-corrected chi connectivity index (χ3v) is 4.06. The highest BCUT2D eigenvalue weighted by Gasteiger charge is 2.15. The number of aromatic nitrogens is 3. The SMILES string of the molecule is CN(C)c1ncn(-c2cc(F)c(COc3ccc(OS(=O)(=O)F)cc3)c(F)c2)n1.